The zero-order valence-electron chi connectivity index (χ0n) is 45.7. The third-order valence-electron chi connectivity index (χ3n) is 12.0. The Labute approximate surface area is 511 Å². The fourth-order valence-electron chi connectivity index (χ4n) is 7.45. The lowest BCUT2D eigenvalue weighted by molar-refractivity contribution is -0.143. The Balaban J connectivity index is 3.13. The average Bonchev–Trinajstić information content (AvgIpc) is 4.09. The molecular weight excluding hydrogens is 1210 g/mol. The second-order valence-electron chi connectivity index (χ2n) is 19.2. The van der Waals surface area contributed by atoms with Crippen molar-refractivity contribution in [1.29, 1.82) is 0 Å². The predicted octanol–water partition coefficient (Wildman–Crippen LogP) is -7.24. The van der Waals surface area contributed by atoms with E-state index in [1.54, 1.807) is 13.8 Å². The number of aliphatic carboxylic acids is 2. The van der Waals surface area contributed by atoms with Crippen molar-refractivity contribution in [3.05, 3.63) is 0 Å². The molecule has 0 spiro atoms. The predicted molar refractivity (Wildman–Crippen MR) is 317 cm³/mol. The van der Waals surface area contributed by atoms with Gasteiger partial charge >= 0.3 is 11.9 Å². The molecular formula is C46H76N14O17S6. The third-order valence-corrected chi connectivity index (χ3v) is 14.2. The molecule has 1 heterocycles. The molecule has 31 nitrogen and oxygen atoms in total. The SMILES string of the molecule is CC(C)C[C@H](NC(=O)[C@H](CCC(=O)O)NC(=O)[C@H](CS)NC(=O)[C@@H](N)CS)C(=O)N[C@H](CS)C(=O)N[C@@H](CS)C(=O)N[C@@H](CC(N)=O)C(=O)N1CCC[C@H]1C(=O)N[C@@H](C)C(=O)N[C@@H](CS)C(=O)N[C@@H](C)C(=O)NCC(=O)N[C@@H](CS)C(=O)O. The van der Waals surface area contributed by atoms with Crippen molar-refractivity contribution in [2.24, 2.45) is 17.4 Å². The van der Waals surface area contributed by atoms with Crippen molar-refractivity contribution < 1.29 is 82.1 Å². The first kappa shape index (κ1) is 75.1. The first-order valence-electron chi connectivity index (χ1n) is 25.6. The van der Waals surface area contributed by atoms with Gasteiger partial charge in [-0.2, -0.15) is 75.8 Å². The van der Waals surface area contributed by atoms with Gasteiger partial charge in [0.2, 0.25) is 76.8 Å². The monoisotopic (exact) mass is 1290 g/mol. The largest absolute Gasteiger partial charge is 0.481 e. The summed E-state index contributed by atoms with van der Waals surface area (Å²) < 4.78 is 0. The van der Waals surface area contributed by atoms with Crippen LogP contribution in [0.15, 0.2) is 0 Å². The summed E-state index contributed by atoms with van der Waals surface area (Å²) >= 11 is 24.3. The van der Waals surface area contributed by atoms with E-state index in [-0.39, 0.29) is 60.5 Å². The van der Waals surface area contributed by atoms with Gasteiger partial charge in [0.05, 0.1) is 19.0 Å². The first-order chi connectivity index (χ1) is 38.9. The number of carboxylic acid groups (broad SMARTS) is 2. The molecule has 0 aromatic carbocycles. The van der Waals surface area contributed by atoms with Crippen molar-refractivity contribution in [2.45, 2.75) is 139 Å². The maximum Gasteiger partial charge on any atom is 0.327 e. The number of nitrogens with one attached hydrogen (secondary N) is 11. The maximum atomic E-state index is 14.1. The molecule has 1 fully saturated rings. The van der Waals surface area contributed by atoms with E-state index in [1.807, 2.05) is 0 Å². The Morgan fingerprint density at radius 2 is 0.928 bits per heavy atom. The fraction of sp³-hybridized carbons (Fsp3) is 0.674. The lowest BCUT2D eigenvalue weighted by Gasteiger charge is -2.30. The summed E-state index contributed by atoms with van der Waals surface area (Å²) in [7, 11) is 0. The first-order valence-corrected chi connectivity index (χ1v) is 29.4. The van der Waals surface area contributed by atoms with Gasteiger partial charge < -0.3 is 85.1 Å². The minimum absolute atomic E-state index is 0.0490. The molecule has 1 aliphatic rings. The summed E-state index contributed by atoms with van der Waals surface area (Å²) in [6.45, 7) is 5.24. The molecule has 83 heavy (non-hydrogen) atoms. The van der Waals surface area contributed by atoms with E-state index in [1.165, 1.54) is 13.8 Å². The molecule has 0 radical (unpaired) electrons. The lowest BCUT2D eigenvalue weighted by atomic mass is 10.0. The molecule has 1 aliphatic heterocycles. The van der Waals surface area contributed by atoms with Crippen LogP contribution in [0.25, 0.3) is 0 Å². The minimum Gasteiger partial charge on any atom is -0.481 e. The highest BCUT2D eigenvalue weighted by Crippen LogP contribution is 2.20. The molecule has 468 valence electrons. The van der Waals surface area contributed by atoms with Crippen LogP contribution in [0.3, 0.4) is 0 Å². The highest BCUT2D eigenvalue weighted by atomic mass is 32.1. The standard InChI is InChI=1S/C46H76N14O17S6/c1-19(2)10-24(54-38(68)23(7-8-34(63)64)53-41(71)27(15-80)57-37(67)22(47)13-78)39(69)58-29(17-82)43(73)59-28(16-81)42(72)55-25(11-32(48)61)45(75)60-9-5-6-31(60)44(74)51-21(4)36(66)56-26(14-79)40(70)50-20(3)35(65)49-12-33(62)52-30(18-83)46(76)77/h19-31,78-83H,5-18,47H2,1-4H3,(H2,48,61)(H,49,65)(H,50,70)(H,51,74)(H,52,62)(H,53,71)(H,54,68)(H,55,72)(H,56,66)(H,57,67)(H,58,69)(H,59,73)(H,63,64)(H,76,77)/t20-,21-,22-,23-,24-,25-,26-,27-,28-,29+,30-,31-/m0/s1. The van der Waals surface area contributed by atoms with E-state index >= 15 is 0 Å². The minimum atomic E-state index is -1.71. The van der Waals surface area contributed by atoms with Gasteiger partial charge in [-0.1, -0.05) is 13.8 Å². The number of primary amides is 1. The fourth-order valence-corrected chi connectivity index (χ4v) is 8.89. The highest BCUT2D eigenvalue weighted by Gasteiger charge is 2.41. The zero-order chi connectivity index (χ0) is 63.4. The molecule has 1 rings (SSSR count). The van der Waals surface area contributed by atoms with E-state index in [0.717, 1.165) is 4.90 Å². The summed E-state index contributed by atoms with van der Waals surface area (Å²) in [5.74, 6) is -16.6. The molecule has 0 saturated carbocycles. The van der Waals surface area contributed by atoms with Crippen LogP contribution in [-0.2, 0) is 71.9 Å². The molecule has 1 saturated heterocycles. The summed E-state index contributed by atoms with van der Waals surface area (Å²) in [6, 6.07) is -16.7. The summed E-state index contributed by atoms with van der Waals surface area (Å²) in [5, 5.41) is 44.4. The van der Waals surface area contributed by atoms with E-state index < -0.39 is 193 Å². The Morgan fingerprint density at radius 3 is 1.39 bits per heavy atom. The number of carbonyl (C=O) groups excluding carboxylic acids is 13. The quantitative estimate of drug-likeness (QED) is 0.0257. The Morgan fingerprint density at radius 1 is 0.506 bits per heavy atom. The van der Waals surface area contributed by atoms with Crippen LogP contribution in [0.4, 0.5) is 0 Å². The van der Waals surface area contributed by atoms with E-state index in [0.29, 0.717) is 0 Å². The second kappa shape index (κ2) is 38.1. The number of nitrogens with zero attached hydrogens (tertiary/aromatic N) is 1. The lowest BCUT2D eigenvalue weighted by Crippen LogP contribution is -2.61. The maximum absolute atomic E-state index is 14.1. The van der Waals surface area contributed by atoms with Crippen LogP contribution >= 0.6 is 75.8 Å². The number of thiol groups is 6. The summed E-state index contributed by atoms with van der Waals surface area (Å²) in [4.78, 5) is 195. The van der Waals surface area contributed by atoms with Crippen molar-refractivity contribution in [3.8, 4) is 0 Å². The molecule has 0 unspecified atom stereocenters. The van der Waals surface area contributed by atoms with Gasteiger partial charge in [-0.25, -0.2) is 4.79 Å². The number of likely N-dealkylation sites (tertiary alicyclic amines) is 1. The number of hydrogen-bond acceptors (Lipinski definition) is 22. The molecule has 0 aromatic rings. The van der Waals surface area contributed by atoms with Crippen molar-refractivity contribution in [3.63, 3.8) is 0 Å². The number of hydrogen-bond donors (Lipinski definition) is 21. The Kier molecular flexibility index (Phi) is 34.5. The molecule has 0 aliphatic carbocycles. The Hall–Kier alpha value is -5.89. The molecule has 12 atom stereocenters. The molecule has 17 N–H and O–H groups in total. The van der Waals surface area contributed by atoms with Gasteiger partial charge in [-0.3, -0.25) is 67.1 Å². The van der Waals surface area contributed by atoms with Crippen LogP contribution in [-0.4, -0.2) is 224 Å². The Bertz CT molecular complexity index is 2370. The average molecular weight is 1290 g/mol. The van der Waals surface area contributed by atoms with Gasteiger partial charge in [-0.05, 0) is 45.4 Å². The summed E-state index contributed by atoms with van der Waals surface area (Å²) in [6.07, 6.45) is -1.59. The number of carboxylic acids is 2. The van der Waals surface area contributed by atoms with Crippen LogP contribution in [0.5, 0.6) is 0 Å². The van der Waals surface area contributed by atoms with Gasteiger partial charge in [0, 0.05) is 47.5 Å². The van der Waals surface area contributed by atoms with Gasteiger partial charge in [0.25, 0.3) is 0 Å². The van der Waals surface area contributed by atoms with Crippen molar-refractivity contribution in [2.75, 3.05) is 47.6 Å². The number of rotatable bonds is 37. The van der Waals surface area contributed by atoms with E-state index in [2.05, 4.69) is 134 Å². The topological polar surface area (TPSA) is 484 Å². The molecule has 0 bridgehead atoms. The van der Waals surface area contributed by atoms with E-state index in [4.69, 9.17) is 16.6 Å². The van der Waals surface area contributed by atoms with Crippen LogP contribution in [0.2, 0.25) is 0 Å². The molecule has 0 aromatic heterocycles. The van der Waals surface area contributed by atoms with Gasteiger partial charge in [0.15, 0.2) is 0 Å². The second-order valence-corrected chi connectivity index (χ2v) is 21.4. The smallest absolute Gasteiger partial charge is 0.327 e. The van der Waals surface area contributed by atoms with Crippen molar-refractivity contribution in [1.82, 2.24) is 63.4 Å². The van der Waals surface area contributed by atoms with Crippen LogP contribution < -0.4 is 70.0 Å². The van der Waals surface area contributed by atoms with Crippen LogP contribution in [0.1, 0.15) is 66.2 Å². The summed E-state index contributed by atoms with van der Waals surface area (Å²) in [5.41, 5.74) is 11.1. The zero-order valence-corrected chi connectivity index (χ0v) is 51.1. The van der Waals surface area contributed by atoms with E-state index in [9.17, 15) is 77.0 Å². The van der Waals surface area contributed by atoms with Gasteiger partial charge in [0.1, 0.15) is 66.5 Å². The normalized spacial score (nSPS) is 16.8. The molecule has 37 heteroatoms. The van der Waals surface area contributed by atoms with Crippen molar-refractivity contribution >= 4 is 165 Å². The van der Waals surface area contributed by atoms with Gasteiger partial charge in [-0.15, -0.1) is 0 Å². The number of carbonyl (C=O) groups is 15. The third kappa shape index (κ3) is 26.3. The highest BCUT2D eigenvalue weighted by molar-refractivity contribution is 7.81. The number of nitrogens with two attached hydrogens (primary N) is 2. The molecule has 13 amide bonds. The number of amides is 13. The van der Waals surface area contributed by atoms with Crippen LogP contribution in [0, 0.1) is 5.92 Å².